The number of primary amides is 1. The minimum Gasteiger partial charge on any atom is -0.379 e. The third-order valence-electron chi connectivity index (χ3n) is 6.21. The molecular weight excluding hydrogens is 458 g/mol. The van der Waals surface area contributed by atoms with Gasteiger partial charge in [0.1, 0.15) is 5.82 Å². The molecule has 11 heteroatoms. The highest BCUT2D eigenvalue weighted by Gasteiger charge is 2.28. The van der Waals surface area contributed by atoms with Crippen molar-refractivity contribution in [3.63, 3.8) is 0 Å². The Morgan fingerprint density at radius 3 is 2.59 bits per heavy atom. The average Bonchev–Trinajstić information content (AvgIpc) is 2.85. The fourth-order valence-corrected chi connectivity index (χ4v) is 5.64. The van der Waals surface area contributed by atoms with Crippen LogP contribution in [0.15, 0.2) is 41.4 Å². The van der Waals surface area contributed by atoms with Crippen molar-refractivity contribution >= 4 is 33.3 Å². The van der Waals surface area contributed by atoms with E-state index in [9.17, 15) is 18.0 Å². The average molecular weight is 488 g/mol. The van der Waals surface area contributed by atoms with Gasteiger partial charge in [-0.05, 0) is 49.6 Å². The molecule has 182 valence electrons. The number of hydrogen-bond donors (Lipinski definition) is 2. The van der Waals surface area contributed by atoms with Crippen LogP contribution in [-0.4, -0.2) is 68.9 Å². The van der Waals surface area contributed by atoms with Crippen LogP contribution in [-0.2, 0) is 19.6 Å². The molecule has 2 aromatic rings. The van der Waals surface area contributed by atoms with E-state index >= 15 is 0 Å². The second kappa shape index (κ2) is 10.1. The van der Waals surface area contributed by atoms with Crippen LogP contribution in [0.3, 0.4) is 0 Å². The van der Waals surface area contributed by atoms with Gasteiger partial charge in [-0.2, -0.15) is 4.31 Å². The number of aryl methyl sites for hydroxylation is 1. The third-order valence-corrected chi connectivity index (χ3v) is 8.11. The number of morpholine rings is 1. The monoisotopic (exact) mass is 487 g/mol. The molecule has 2 fully saturated rings. The van der Waals surface area contributed by atoms with Crippen molar-refractivity contribution in [1.82, 2.24) is 9.29 Å². The van der Waals surface area contributed by atoms with E-state index in [4.69, 9.17) is 10.5 Å². The molecule has 0 saturated carbocycles. The molecule has 0 spiro atoms. The lowest BCUT2D eigenvalue weighted by molar-refractivity contribution is -0.122. The van der Waals surface area contributed by atoms with Gasteiger partial charge in [0.2, 0.25) is 15.9 Å². The maximum absolute atomic E-state index is 13.0. The number of piperidine rings is 1. The van der Waals surface area contributed by atoms with E-state index in [-0.39, 0.29) is 35.4 Å². The van der Waals surface area contributed by atoms with Gasteiger partial charge in [-0.1, -0.05) is 6.07 Å². The maximum atomic E-state index is 13.0. The molecule has 2 amide bonds. The molecular formula is C23H29N5O5S. The van der Waals surface area contributed by atoms with Gasteiger partial charge < -0.3 is 20.7 Å². The van der Waals surface area contributed by atoms with Gasteiger partial charge in [0.15, 0.2) is 0 Å². The lowest BCUT2D eigenvalue weighted by Gasteiger charge is -2.32. The van der Waals surface area contributed by atoms with Gasteiger partial charge in [-0.3, -0.25) is 9.59 Å². The van der Waals surface area contributed by atoms with Crippen LogP contribution < -0.4 is 16.0 Å². The quantitative estimate of drug-likeness (QED) is 0.628. The number of carbonyl (C=O) groups excluding carboxylic acids is 2. The molecule has 2 aliphatic heterocycles. The van der Waals surface area contributed by atoms with Gasteiger partial charge in [0.05, 0.1) is 35.9 Å². The van der Waals surface area contributed by atoms with Crippen molar-refractivity contribution in [1.29, 1.82) is 0 Å². The van der Waals surface area contributed by atoms with E-state index in [1.165, 1.54) is 16.4 Å². The highest BCUT2D eigenvalue weighted by atomic mass is 32.2. The second-order valence-electron chi connectivity index (χ2n) is 8.54. The van der Waals surface area contributed by atoms with Crippen LogP contribution in [0.2, 0.25) is 0 Å². The number of benzene rings is 1. The van der Waals surface area contributed by atoms with E-state index in [1.807, 2.05) is 4.90 Å². The molecule has 1 unspecified atom stereocenters. The summed E-state index contributed by atoms with van der Waals surface area (Å²) in [6.07, 6.45) is 3.18. The van der Waals surface area contributed by atoms with Crippen LogP contribution in [0, 0.1) is 12.8 Å². The smallest absolute Gasteiger partial charge is 0.256 e. The first-order valence-corrected chi connectivity index (χ1v) is 12.7. The maximum Gasteiger partial charge on any atom is 0.256 e. The van der Waals surface area contributed by atoms with Gasteiger partial charge in [-0.15, -0.1) is 0 Å². The summed E-state index contributed by atoms with van der Waals surface area (Å²) in [5.74, 6) is -0.211. The molecule has 0 radical (unpaired) electrons. The molecule has 34 heavy (non-hydrogen) atoms. The largest absolute Gasteiger partial charge is 0.379 e. The van der Waals surface area contributed by atoms with Crippen molar-refractivity contribution < 1.29 is 22.7 Å². The summed E-state index contributed by atoms with van der Waals surface area (Å²) >= 11 is 0. The summed E-state index contributed by atoms with van der Waals surface area (Å²) in [4.78, 5) is 31.0. The molecule has 0 aliphatic carbocycles. The molecule has 3 heterocycles. The predicted octanol–water partition coefficient (Wildman–Crippen LogP) is 1.36. The number of nitrogens with zero attached hydrogens (tertiary/aromatic N) is 3. The Kier molecular flexibility index (Phi) is 7.15. The zero-order valence-electron chi connectivity index (χ0n) is 19.1. The van der Waals surface area contributed by atoms with Gasteiger partial charge in [0, 0.05) is 31.7 Å². The first-order valence-electron chi connectivity index (χ1n) is 11.3. The van der Waals surface area contributed by atoms with Gasteiger partial charge in [0.25, 0.3) is 5.91 Å². The Morgan fingerprint density at radius 1 is 1.15 bits per heavy atom. The first-order chi connectivity index (χ1) is 16.3. The normalized spacial score (nSPS) is 19.6. The Hall–Kier alpha value is -3.02. The number of carbonyl (C=O) groups is 2. The molecule has 10 nitrogen and oxygen atoms in total. The summed E-state index contributed by atoms with van der Waals surface area (Å²) in [5, 5.41) is 2.79. The van der Waals surface area contributed by atoms with Crippen LogP contribution >= 0.6 is 0 Å². The molecule has 0 bridgehead atoms. The lowest BCUT2D eigenvalue weighted by atomic mass is 9.97. The van der Waals surface area contributed by atoms with E-state index < -0.39 is 15.9 Å². The number of anilines is 2. The number of aromatic nitrogens is 1. The van der Waals surface area contributed by atoms with E-state index in [0.717, 1.165) is 19.4 Å². The number of rotatable bonds is 6. The lowest BCUT2D eigenvalue weighted by Crippen LogP contribution is -2.41. The first kappa shape index (κ1) is 24.1. The van der Waals surface area contributed by atoms with Crippen molar-refractivity contribution in [3.05, 3.63) is 47.7 Å². The van der Waals surface area contributed by atoms with Gasteiger partial charge >= 0.3 is 0 Å². The topological polar surface area (TPSA) is 135 Å². The van der Waals surface area contributed by atoms with Gasteiger partial charge in [-0.25, -0.2) is 13.4 Å². The second-order valence-corrected chi connectivity index (χ2v) is 10.5. The number of ether oxygens (including phenoxy) is 1. The SMILES string of the molecule is Cc1ccc(S(=O)(=O)N2CCOCC2)cc1C(=O)Nc1ccc(N2CCCC(C(N)=O)C2)nc1. The van der Waals surface area contributed by atoms with E-state index in [2.05, 4.69) is 10.3 Å². The highest BCUT2D eigenvalue weighted by molar-refractivity contribution is 7.89. The van der Waals surface area contributed by atoms with Crippen molar-refractivity contribution in [2.45, 2.75) is 24.7 Å². The number of amides is 2. The summed E-state index contributed by atoms with van der Waals surface area (Å²) in [7, 11) is -3.71. The number of nitrogens with one attached hydrogen (secondary N) is 1. The summed E-state index contributed by atoms with van der Waals surface area (Å²) in [6.45, 7) is 4.33. The van der Waals surface area contributed by atoms with E-state index in [0.29, 0.717) is 36.8 Å². The molecule has 3 N–H and O–H groups in total. The molecule has 1 aromatic carbocycles. The zero-order valence-corrected chi connectivity index (χ0v) is 19.9. The predicted molar refractivity (Wildman–Crippen MR) is 127 cm³/mol. The third kappa shape index (κ3) is 5.21. The van der Waals surface area contributed by atoms with Crippen LogP contribution in [0.25, 0.3) is 0 Å². The standard InChI is InChI=1S/C23H29N5O5S/c1-16-4-6-19(34(31,32)28-9-11-33-12-10-28)13-20(16)23(30)26-18-5-7-21(25-14-18)27-8-2-3-17(15-27)22(24)29/h4-7,13-14,17H,2-3,8-12,15H2,1H3,(H2,24,29)(H,26,30). The number of sulfonamides is 1. The van der Waals surface area contributed by atoms with Crippen LogP contribution in [0.4, 0.5) is 11.5 Å². The van der Waals surface area contributed by atoms with E-state index in [1.54, 1.807) is 31.3 Å². The summed E-state index contributed by atoms with van der Waals surface area (Å²) < 4.78 is 32.6. The Bertz CT molecular complexity index is 1160. The molecule has 2 aliphatic rings. The fraction of sp³-hybridized carbons (Fsp3) is 0.435. The minimum absolute atomic E-state index is 0.0766. The number of nitrogens with two attached hydrogens (primary N) is 1. The van der Waals surface area contributed by atoms with Crippen molar-refractivity contribution in [2.24, 2.45) is 11.7 Å². The fourth-order valence-electron chi connectivity index (χ4n) is 4.21. The molecule has 4 rings (SSSR count). The van der Waals surface area contributed by atoms with Crippen molar-refractivity contribution in [3.8, 4) is 0 Å². The Morgan fingerprint density at radius 2 is 1.91 bits per heavy atom. The highest BCUT2D eigenvalue weighted by Crippen LogP contribution is 2.24. The molecule has 2 saturated heterocycles. The minimum atomic E-state index is -3.71. The number of pyridine rings is 1. The summed E-state index contributed by atoms with van der Waals surface area (Å²) in [5.41, 5.74) is 6.88. The molecule has 1 atom stereocenters. The molecule has 1 aromatic heterocycles. The Labute approximate surface area is 199 Å². The summed E-state index contributed by atoms with van der Waals surface area (Å²) in [6, 6.07) is 8.08. The van der Waals surface area contributed by atoms with Crippen LogP contribution in [0.5, 0.6) is 0 Å². The van der Waals surface area contributed by atoms with Crippen LogP contribution in [0.1, 0.15) is 28.8 Å². The van der Waals surface area contributed by atoms with Crippen molar-refractivity contribution in [2.75, 3.05) is 49.6 Å². The number of hydrogen-bond acceptors (Lipinski definition) is 7. The zero-order chi connectivity index (χ0) is 24.3. The Balaban J connectivity index is 1.47.